The first-order chi connectivity index (χ1) is 14.1. The van der Waals surface area contributed by atoms with Crippen LogP contribution in [0.4, 0.5) is 0 Å². The van der Waals surface area contributed by atoms with Crippen LogP contribution < -0.4 is 11.1 Å². The number of nitrogens with one attached hydrogen (secondary N) is 1. The summed E-state index contributed by atoms with van der Waals surface area (Å²) < 4.78 is 1.79. The number of hydrogen-bond acceptors (Lipinski definition) is 3. The van der Waals surface area contributed by atoms with Gasteiger partial charge in [0.25, 0.3) is 5.91 Å². The summed E-state index contributed by atoms with van der Waals surface area (Å²) in [5.74, 6) is -0.569. The number of amides is 2. The molecule has 4 rings (SSSR count). The van der Waals surface area contributed by atoms with Crippen molar-refractivity contribution in [1.82, 2.24) is 14.8 Å². The molecule has 1 aliphatic heterocycles. The second kappa shape index (κ2) is 8.49. The number of benzene rings is 2. The first-order valence-electron chi connectivity index (χ1n) is 10.1. The summed E-state index contributed by atoms with van der Waals surface area (Å²) in [4.78, 5) is 26.9. The van der Waals surface area contributed by atoms with E-state index in [0.717, 1.165) is 24.0 Å². The van der Waals surface area contributed by atoms with Crippen molar-refractivity contribution in [1.29, 1.82) is 0 Å². The fourth-order valence-corrected chi connectivity index (χ4v) is 4.18. The van der Waals surface area contributed by atoms with Crippen LogP contribution in [0.25, 0.3) is 10.9 Å². The number of aromatic nitrogens is 1. The first-order valence-corrected chi connectivity index (χ1v) is 10.1. The lowest BCUT2D eigenvalue weighted by atomic mass is 10.1. The summed E-state index contributed by atoms with van der Waals surface area (Å²) in [6.45, 7) is 2.82. The topological polar surface area (TPSA) is 80.4 Å². The zero-order chi connectivity index (χ0) is 20.2. The molecule has 0 bridgehead atoms. The molecule has 6 heteroatoms. The van der Waals surface area contributed by atoms with Gasteiger partial charge in [0.1, 0.15) is 6.54 Å². The smallest absolute Gasteiger partial charge is 0.250 e. The molecule has 1 unspecified atom stereocenters. The van der Waals surface area contributed by atoms with Crippen LogP contribution in [0.5, 0.6) is 0 Å². The van der Waals surface area contributed by atoms with Crippen molar-refractivity contribution in [2.24, 2.45) is 5.73 Å². The second-order valence-electron chi connectivity index (χ2n) is 7.53. The molecule has 6 nitrogen and oxygen atoms in total. The number of para-hydroxylation sites is 1. The van der Waals surface area contributed by atoms with Gasteiger partial charge in [-0.1, -0.05) is 48.5 Å². The van der Waals surface area contributed by atoms with Gasteiger partial charge in [-0.3, -0.25) is 14.5 Å². The highest BCUT2D eigenvalue weighted by Crippen LogP contribution is 2.25. The maximum atomic E-state index is 12.7. The van der Waals surface area contributed by atoms with Crippen molar-refractivity contribution in [3.8, 4) is 0 Å². The molecule has 0 radical (unpaired) electrons. The van der Waals surface area contributed by atoms with Gasteiger partial charge in [-0.25, -0.2) is 0 Å². The van der Waals surface area contributed by atoms with Crippen LogP contribution in [0.1, 0.15) is 34.8 Å². The Labute approximate surface area is 170 Å². The number of rotatable bonds is 7. The van der Waals surface area contributed by atoms with E-state index >= 15 is 0 Å². The Bertz CT molecular complexity index is 1010. The number of primary amides is 1. The van der Waals surface area contributed by atoms with E-state index in [1.807, 2.05) is 42.5 Å². The van der Waals surface area contributed by atoms with Gasteiger partial charge in [0, 0.05) is 23.6 Å². The molecule has 150 valence electrons. The predicted molar refractivity (Wildman–Crippen MR) is 113 cm³/mol. The van der Waals surface area contributed by atoms with Crippen LogP contribution in [0.15, 0.2) is 60.8 Å². The van der Waals surface area contributed by atoms with Crippen LogP contribution in [-0.2, 0) is 11.3 Å². The summed E-state index contributed by atoms with van der Waals surface area (Å²) in [6.07, 6.45) is 4.06. The predicted octanol–water partition coefficient (Wildman–Crippen LogP) is 2.69. The summed E-state index contributed by atoms with van der Waals surface area (Å²) in [5.41, 5.74) is 7.98. The molecule has 2 amide bonds. The Morgan fingerprint density at radius 2 is 1.69 bits per heavy atom. The minimum absolute atomic E-state index is 0.0816. The van der Waals surface area contributed by atoms with Gasteiger partial charge in [0.05, 0.1) is 11.6 Å². The fourth-order valence-electron chi connectivity index (χ4n) is 4.18. The monoisotopic (exact) mass is 390 g/mol. The highest BCUT2D eigenvalue weighted by molar-refractivity contribution is 6.06. The molecule has 1 fully saturated rings. The Hall–Kier alpha value is -3.12. The van der Waals surface area contributed by atoms with Crippen molar-refractivity contribution >= 4 is 22.7 Å². The second-order valence-corrected chi connectivity index (χ2v) is 7.53. The van der Waals surface area contributed by atoms with Crippen molar-refractivity contribution < 1.29 is 9.59 Å². The summed E-state index contributed by atoms with van der Waals surface area (Å²) in [6, 6.07) is 18.0. The highest BCUT2D eigenvalue weighted by Gasteiger charge is 2.24. The van der Waals surface area contributed by atoms with Crippen LogP contribution >= 0.6 is 0 Å². The Balaban J connectivity index is 1.48. The van der Waals surface area contributed by atoms with E-state index in [9.17, 15) is 9.59 Å². The number of fused-ring (bicyclic) bond motifs is 1. The number of hydrogen-bond donors (Lipinski definition) is 2. The van der Waals surface area contributed by atoms with Crippen LogP contribution in [0, 0.1) is 0 Å². The van der Waals surface area contributed by atoms with E-state index in [1.54, 1.807) is 10.8 Å². The van der Waals surface area contributed by atoms with Gasteiger partial charge >= 0.3 is 0 Å². The van der Waals surface area contributed by atoms with Gasteiger partial charge in [-0.15, -0.1) is 0 Å². The van der Waals surface area contributed by atoms with E-state index in [4.69, 9.17) is 5.73 Å². The minimum Gasteiger partial charge on any atom is -0.366 e. The maximum Gasteiger partial charge on any atom is 0.250 e. The molecule has 1 aromatic heterocycles. The van der Waals surface area contributed by atoms with Crippen LogP contribution in [0.3, 0.4) is 0 Å². The van der Waals surface area contributed by atoms with Crippen molar-refractivity contribution in [2.45, 2.75) is 25.4 Å². The number of nitrogens with zero attached hydrogens (tertiary/aromatic N) is 2. The summed E-state index contributed by atoms with van der Waals surface area (Å²) in [7, 11) is 0. The lowest BCUT2D eigenvalue weighted by molar-refractivity contribution is -0.121. The highest BCUT2D eigenvalue weighted by atomic mass is 16.2. The Morgan fingerprint density at radius 1 is 1.00 bits per heavy atom. The lowest BCUT2D eigenvalue weighted by Gasteiger charge is -2.28. The molecule has 29 heavy (non-hydrogen) atoms. The fraction of sp³-hybridized carbons (Fsp3) is 0.304. The lowest BCUT2D eigenvalue weighted by Crippen LogP contribution is -2.38. The SMILES string of the molecule is NC(=O)c1cn(CC(=O)NCC(c2ccccc2)N2CCCC2)c2ccccc12. The zero-order valence-electron chi connectivity index (χ0n) is 16.4. The Kier molecular flexibility index (Phi) is 5.62. The normalized spacial score (nSPS) is 15.4. The maximum absolute atomic E-state index is 12.7. The number of likely N-dealkylation sites (tertiary alicyclic amines) is 1. The van der Waals surface area contributed by atoms with Crippen molar-refractivity contribution in [3.05, 3.63) is 71.9 Å². The van der Waals surface area contributed by atoms with Gasteiger partial charge in [-0.05, 0) is 37.6 Å². The third-order valence-electron chi connectivity index (χ3n) is 5.63. The quantitative estimate of drug-likeness (QED) is 0.651. The van der Waals surface area contributed by atoms with Crippen molar-refractivity contribution in [2.75, 3.05) is 19.6 Å². The average Bonchev–Trinajstić information content (AvgIpc) is 3.38. The van der Waals surface area contributed by atoms with E-state index in [1.165, 1.54) is 18.4 Å². The van der Waals surface area contributed by atoms with Gasteiger partial charge < -0.3 is 15.6 Å². The molecule has 2 heterocycles. The molecule has 1 atom stereocenters. The van der Waals surface area contributed by atoms with Gasteiger partial charge in [0.15, 0.2) is 0 Å². The van der Waals surface area contributed by atoms with Crippen molar-refractivity contribution in [3.63, 3.8) is 0 Å². The number of nitrogens with two attached hydrogens (primary N) is 1. The molecular formula is C23H26N4O2. The van der Waals surface area contributed by atoms with Crippen LogP contribution in [-0.4, -0.2) is 40.9 Å². The molecule has 0 saturated carbocycles. The molecule has 3 aromatic rings. The van der Waals surface area contributed by atoms with Gasteiger partial charge in [-0.2, -0.15) is 0 Å². The molecule has 2 aromatic carbocycles. The standard InChI is InChI=1S/C23H26N4O2/c24-23(29)19-15-27(20-11-5-4-10-18(19)20)16-22(28)25-14-21(26-12-6-7-13-26)17-8-2-1-3-9-17/h1-5,8-11,15,21H,6-7,12-14,16H2,(H2,24,29)(H,25,28). The number of carbonyl (C=O) groups excluding carboxylic acids is 2. The van der Waals surface area contributed by atoms with E-state index < -0.39 is 5.91 Å². The minimum atomic E-state index is -0.487. The number of carbonyl (C=O) groups is 2. The first kappa shape index (κ1) is 19.2. The third-order valence-corrected chi connectivity index (χ3v) is 5.63. The molecule has 1 aliphatic rings. The van der Waals surface area contributed by atoms with Crippen LogP contribution in [0.2, 0.25) is 0 Å². The van der Waals surface area contributed by atoms with E-state index in [-0.39, 0.29) is 18.5 Å². The summed E-state index contributed by atoms with van der Waals surface area (Å²) in [5, 5.41) is 3.86. The molecular weight excluding hydrogens is 364 g/mol. The summed E-state index contributed by atoms with van der Waals surface area (Å²) >= 11 is 0. The molecule has 1 saturated heterocycles. The molecule has 0 aliphatic carbocycles. The Morgan fingerprint density at radius 3 is 2.41 bits per heavy atom. The van der Waals surface area contributed by atoms with E-state index in [0.29, 0.717) is 12.1 Å². The average molecular weight is 390 g/mol. The van der Waals surface area contributed by atoms with Gasteiger partial charge in [0.2, 0.25) is 5.91 Å². The largest absolute Gasteiger partial charge is 0.366 e. The third kappa shape index (κ3) is 4.17. The zero-order valence-corrected chi connectivity index (χ0v) is 16.4. The molecule has 3 N–H and O–H groups in total. The molecule has 0 spiro atoms. The van der Waals surface area contributed by atoms with E-state index in [2.05, 4.69) is 22.3 Å².